The number of carboxylic acids is 2. The zero-order valence-corrected chi connectivity index (χ0v) is 19.2. The first kappa shape index (κ1) is 29.9. The van der Waals surface area contributed by atoms with E-state index in [2.05, 4.69) is 20.9 Å². The number of nitrogens with one attached hydrogen (secondary N) is 3. The number of thioether (sulfide) groups is 1. The second-order valence-corrected chi connectivity index (χ2v) is 7.99. The highest BCUT2D eigenvalue weighted by atomic mass is 32.2. The van der Waals surface area contributed by atoms with Crippen molar-refractivity contribution < 1.29 is 34.2 Å². The molecule has 0 aromatic rings. The van der Waals surface area contributed by atoms with E-state index in [4.69, 9.17) is 27.4 Å². The molecule has 0 fully saturated rings. The minimum Gasteiger partial charge on any atom is -0.481 e. The molecule has 0 bridgehead atoms. The predicted molar refractivity (Wildman–Crippen MR) is 122 cm³/mol. The SMILES string of the molecule is CSCCC(NC(=O)C(N)CCCN=C(N)N)C(=O)NCC(=O)NC(CCC(=O)O)C(=O)O. The van der Waals surface area contributed by atoms with E-state index < -0.39 is 60.8 Å². The number of hydrogen-bond acceptors (Lipinski definition) is 8. The number of aliphatic imine (C=N–C) groups is 1. The summed E-state index contributed by atoms with van der Waals surface area (Å²) in [4.78, 5) is 62.4. The molecule has 0 aromatic carbocycles. The maximum Gasteiger partial charge on any atom is 0.326 e. The maximum atomic E-state index is 12.5. The monoisotopic (exact) mass is 491 g/mol. The number of rotatable bonds is 17. The van der Waals surface area contributed by atoms with Gasteiger partial charge in [-0.15, -0.1) is 0 Å². The summed E-state index contributed by atoms with van der Waals surface area (Å²) in [5, 5.41) is 24.8. The number of nitrogens with zero attached hydrogens (tertiary/aromatic N) is 1. The Kier molecular flexibility index (Phi) is 15.0. The lowest BCUT2D eigenvalue weighted by atomic mass is 10.1. The average molecular weight is 492 g/mol. The van der Waals surface area contributed by atoms with Gasteiger partial charge in [0.15, 0.2) is 5.96 Å². The molecule has 3 unspecified atom stereocenters. The van der Waals surface area contributed by atoms with Crippen molar-refractivity contribution in [3.63, 3.8) is 0 Å². The molecule has 0 heterocycles. The Morgan fingerprint density at radius 1 is 0.970 bits per heavy atom. The summed E-state index contributed by atoms with van der Waals surface area (Å²) in [5.41, 5.74) is 16.3. The van der Waals surface area contributed by atoms with E-state index >= 15 is 0 Å². The van der Waals surface area contributed by atoms with Crippen LogP contribution in [0.3, 0.4) is 0 Å². The van der Waals surface area contributed by atoms with Crippen molar-refractivity contribution >= 4 is 47.4 Å². The molecule has 0 saturated carbocycles. The lowest BCUT2D eigenvalue weighted by Crippen LogP contribution is -2.53. The van der Waals surface area contributed by atoms with Gasteiger partial charge in [0.05, 0.1) is 12.6 Å². The third kappa shape index (κ3) is 14.6. The molecule has 0 saturated heterocycles. The minimum atomic E-state index is -1.41. The van der Waals surface area contributed by atoms with Gasteiger partial charge < -0.3 is 43.4 Å². The zero-order valence-electron chi connectivity index (χ0n) is 18.4. The van der Waals surface area contributed by atoms with Crippen LogP contribution in [0.4, 0.5) is 0 Å². The average Bonchev–Trinajstić information content (AvgIpc) is 2.74. The minimum absolute atomic E-state index is 0.0672. The molecule has 188 valence electrons. The van der Waals surface area contributed by atoms with Gasteiger partial charge in [-0.2, -0.15) is 11.8 Å². The lowest BCUT2D eigenvalue weighted by molar-refractivity contribution is -0.143. The standard InChI is InChI=1S/C18H33N7O7S/c1-33-8-6-11(25-15(29)10(19)3-2-7-22-18(20)21)16(30)23-9-13(26)24-12(17(31)32)4-5-14(27)28/h10-12H,2-9,19H2,1H3,(H,23,30)(H,24,26)(H,25,29)(H,27,28)(H,31,32)(H4,20,21,22). The summed E-state index contributed by atoms with van der Waals surface area (Å²) in [6.45, 7) is -0.246. The third-order valence-electron chi connectivity index (χ3n) is 4.25. The molecule has 0 rings (SSSR count). The van der Waals surface area contributed by atoms with Crippen molar-refractivity contribution in [1.29, 1.82) is 0 Å². The smallest absolute Gasteiger partial charge is 0.326 e. The van der Waals surface area contributed by atoms with E-state index in [1.54, 1.807) is 0 Å². The number of amides is 3. The van der Waals surface area contributed by atoms with Crippen LogP contribution < -0.4 is 33.2 Å². The molecule has 0 spiro atoms. The molecule has 0 aromatic heterocycles. The van der Waals surface area contributed by atoms with Crippen LogP contribution in [0.15, 0.2) is 4.99 Å². The Morgan fingerprint density at radius 3 is 2.18 bits per heavy atom. The van der Waals surface area contributed by atoms with Crippen LogP contribution in [0, 0.1) is 0 Å². The number of aliphatic carboxylic acids is 2. The number of carbonyl (C=O) groups excluding carboxylic acids is 3. The Hall–Kier alpha value is -3.07. The van der Waals surface area contributed by atoms with Crippen LogP contribution in [0.25, 0.3) is 0 Å². The van der Waals surface area contributed by atoms with Gasteiger partial charge in [0.25, 0.3) is 0 Å². The van der Waals surface area contributed by atoms with Crippen molar-refractivity contribution in [2.45, 2.75) is 50.2 Å². The Balaban J connectivity index is 4.76. The molecule has 0 aliphatic heterocycles. The molecule has 11 N–H and O–H groups in total. The van der Waals surface area contributed by atoms with E-state index in [-0.39, 0.29) is 25.2 Å². The summed E-state index contributed by atoms with van der Waals surface area (Å²) in [7, 11) is 0. The first-order valence-electron chi connectivity index (χ1n) is 10.1. The molecule has 14 nitrogen and oxygen atoms in total. The van der Waals surface area contributed by atoms with E-state index in [1.165, 1.54) is 11.8 Å². The summed E-state index contributed by atoms with van der Waals surface area (Å²) < 4.78 is 0. The summed E-state index contributed by atoms with van der Waals surface area (Å²) in [6, 6.07) is -3.25. The summed E-state index contributed by atoms with van der Waals surface area (Å²) in [5.74, 6) is -4.13. The molecule has 3 atom stereocenters. The van der Waals surface area contributed by atoms with E-state index in [0.29, 0.717) is 18.7 Å². The van der Waals surface area contributed by atoms with Gasteiger partial charge in [-0.3, -0.25) is 24.2 Å². The van der Waals surface area contributed by atoms with Crippen LogP contribution in [0.1, 0.15) is 32.1 Å². The second-order valence-electron chi connectivity index (χ2n) is 7.01. The van der Waals surface area contributed by atoms with Crippen molar-refractivity contribution in [2.75, 3.05) is 25.1 Å². The van der Waals surface area contributed by atoms with E-state index in [1.807, 2.05) is 6.26 Å². The first-order valence-corrected chi connectivity index (χ1v) is 11.5. The molecule has 0 aliphatic rings. The molecule has 3 amide bonds. The number of guanidine groups is 1. The van der Waals surface area contributed by atoms with Crippen molar-refractivity contribution in [3.05, 3.63) is 0 Å². The quantitative estimate of drug-likeness (QED) is 0.0584. The Labute approximate surface area is 195 Å². The van der Waals surface area contributed by atoms with Gasteiger partial charge in [-0.1, -0.05) is 0 Å². The lowest BCUT2D eigenvalue weighted by Gasteiger charge is -2.21. The summed E-state index contributed by atoms with van der Waals surface area (Å²) in [6.07, 6.45) is 2.09. The van der Waals surface area contributed by atoms with Crippen molar-refractivity contribution in [1.82, 2.24) is 16.0 Å². The Morgan fingerprint density at radius 2 is 1.64 bits per heavy atom. The topological polar surface area (TPSA) is 252 Å². The fourth-order valence-electron chi connectivity index (χ4n) is 2.49. The highest BCUT2D eigenvalue weighted by Crippen LogP contribution is 2.03. The number of carboxylic acid groups (broad SMARTS) is 2. The summed E-state index contributed by atoms with van der Waals surface area (Å²) >= 11 is 1.45. The fraction of sp³-hybridized carbons (Fsp3) is 0.667. The zero-order chi connectivity index (χ0) is 25.4. The largest absolute Gasteiger partial charge is 0.481 e. The van der Waals surface area contributed by atoms with Gasteiger partial charge in [0.2, 0.25) is 17.7 Å². The Bertz CT molecular complexity index is 716. The first-order chi connectivity index (χ1) is 15.5. The second kappa shape index (κ2) is 16.5. The van der Waals surface area contributed by atoms with Crippen LogP contribution in [0.2, 0.25) is 0 Å². The van der Waals surface area contributed by atoms with Crippen LogP contribution in [0.5, 0.6) is 0 Å². The number of carbonyl (C=O) groups is 5. The van der Waals surface area contributed by atoms with Crippen molar-refractivity contribution in [2.24, 2.45) is 22.2 Å². The highest BCUT2D eigenvalue weighted by Gasteiger charge is 2.25. The molecule has 0 radical (unpaired) electrons. The molecular weight excluding hydrogens is 458 g/mol. The fourth-order valence-corrected chi connectivity index (χ4v) is 2.97. The predicted octanol–water partition coefficient (Wildman–Crippen LogP) is -2.84. The van der Waals surface area contributed by atoms with Crippen molar-refractivity contribution in [3.8, 4) is 0 Å². The molecular formula is C18H33N7O7S. The van der Waals surface area contributed by atoms with Gasteiger partial charge in [-0.05, 0) is 37.7 Å². The molecule has 15 heteroatoms. The molecule has 0 aliphatic carbocycles. The van der Waals surface area contributed by atoms with Crippen LogP contribution in [-0.2, 0) is 24.0 Å². The van der Waals surface area contributed by atoms with Crippen LogP contribution >= 0.6 is 11.8 Å². The normalized spacial score (nSPS) is 13.2. The highest BCUT2D eigenvalue weighted by molar-refractivity contribution is 7.98. The van der Waals surface area contributed by atoms with Gasteiger partial charge in [0.1, 0.15) is 12.1 Å². The third-order valence-corrected chi connectivity index (χ3v) is 4.90. The van der Waals surface area contributed by atoms with Crippen LogP contribution in [-0.4, -0.2) is 89.1 Å². The van der Waals surface area contributed by atoms with E-state index in [9.17, 15) is 24.0 Å². The number of hydrogen-bond donors (Lipinski definition) is 8. The van der Waals surface area contributed by atoms with Gasteiger partial charge >= 0.3 is 11.9 Å². The molecule has 33 heavy (non-hydrogen) atoms. The van der Waals surface area contributed by atoms with Gasteiger partial charge in [-0.25, -0.2) is 4.79 Å². The number of nitrogens with two attached hydrogens (primary N) is 3. The van der Waals surface area contributed by atoms with Gasteiger partial charge in [0, 0.05) is 13.0 Å². The van der Waals surface area contributed by atoms with E-state index in [0.717, 1.165) is 0 Å². The maximum absolute atomic E-state index is 12.5.